The molecule has 0 saturated carbocycles. The molecule has 6 heteroatoms. The molecular formula is C15H20N4OS. The van der Waals surface area contributed by atoms with Crippen LogP contribution in [-0.2, 0) is 6.42 Å². The van der Waals surface area contributed by atoms with Crippen molar-refractivity contribution in [2.24, 2.45) is 0 Å². The lowest BCUT2D eigenvalue weighted by Crippen LogP contribution is -2.26. The molecule has 5 nitrogen and oxygen atoms in total. The minimum atomic E-state index is -0.149. The van der Waals surface area contributed by atoms with Crippen LogP contribution in [0.2, 0.25) is 0 Å². The SMILES string of the molecule is CCCNc1ccc(C(=O)NCCc2csc(C)n2)nc1. The van der Waals surface area contributed by atoms with E-state index in [1.165, 1.54) is 0 Å². The summed E-state index contributed by atoms with van der Waals surface area (Å²) in [5.41, 5.74) is 2.39. The van der Waals surface area contributed by atoms with E-state index in [2.05, 4.69) is 27.5 Å². The molecule has 0 atom stereocenters. The maximum atomic E-state index is 12.0. The lowest BCUT2D eigenvalue weighted by Gasteiger charge is -2.06. The molecule has 2 rings (SSSR count). The number of hydrogen-bond acceptors (Lipinski definition) is 5. The van der Waals surface area contributed by atoms with Gasteiger partial charge in [-0.3, -0.25) is 4.79 Å². The number of aryl methyl sites for hydroxylation is 1. The monoisotopic (exact) mass is 304 g/mol. The standard InChI is InChI=1S/C15H20N4OS/c1-3-7-16-12-4-5-14(18-9-12)15(20)17-8-6-13-10-21-11(2)19-13/h4-5,9-10,16H,3,6-8H2,1-2H3,(H,17,20). The fraction of sp³-hybridized carbons (Fsp3) is 0.400. The van der Waals surface area contributed by atoms with Crippen molar-refractivity contribution < 1.29 is 4.79 Å². The molecule has 2 heterocycles. The van der Waals surface area contributed by atoms with Gasteiger partial charge in [-0.25, -0.2) is 9.97 Å². The molecule has 0 bridgehead atoms. The molecule has 0 radical (unpaired) electrons. The summed E-state index contributed by atoms with van der Waals surface area (Å²) in [5, 5.41) is 9.16. The van der Waals surface area contributed by atoms with Crippen molar-refractivity contribution in [1.82, 2.24) is 15.3 Å². The molecule has 0 aliphatic carbocycles. The summed E-state index contributed by atoms with van der Waals surface area (Å²) in [6, 6.07) is 3.61. The highest BCUT2D eigenvalue weighted by Gasteiger charge is 2.07. The van der Waals surface area contributed by atoms with E-state index in [1.54, 1.807) is 23.6 Å². The highest BCUT2D eigenvalue weighted by atomic mass is 32.1. The van der Waals surface area contributed by atoms with Crippen molar-refractivity contribution in [3.63, 3.8) is 0 Å². The first kappa shape index (κ1) is 15.4. The van der Waals surface area contributed by atoms with Gasteiger partial charge in [0.25, 0.3) is 5.91 Å². The lowest BCUT2D eigenvalue weighted by atomic mass is 10.3. The van der Waals surface area contributed by atoms with Crippen molar-refractivity contribution in [3.05, 3.63) is 40.1 Å². The van der Waals surface area contributed by atoms with Crippen LogP contribution in [-0.4, -0.2) is 29.0 Å². The van der Waals surface area contributed by atoms with E-state index in [1.807, 2.05) is 18.4 Å². The first-order valence-corrected chi connectivity index (χ1v) is 7.96. The van der Waals surface area contributed by atoms with Gasteiger partial charge in [-0.15, -0.1) is 11.3 Å². The third-order valence-corrected chi connectivity index (χ3v) is 3.73. The maximum Gasteiger partial charge on any atom is 0.269 e. The average Bonchev–Trinajstić information content (AvgIpc) is 2.91. The Morgan fingerprint density at radius 3 is 2.81 bits per heavy atom. The first-order valence-electron chi connectivity index (χ1n) is 7.08. The van der Waals surface area contributed by atoms with E-state index in [-0.39, 0.29) is 5.91 Å². The summed E-state index contributed by atoms with van der Waals surface area (Å²) in [6.07, 6.45) is 3.49. The van der Waals surface area contributed by atoms with E-state index in [0.717, 1.165) is 35.8 Å². The molecule has 0 aliphatic rings. The van der Waals surface area contributed by atoms with Crippen LogP contribution in [0.1, 0.15) is 34.5 Å². The second kappa shape index (κ2) is 7.73. The predicted octanol–water partition coefficient (Wildman–Crippen LogP) is 2.64. The zero-order valence-corrected chi connectivity index (χ0v) is 13.2. The number of carbonyl (C=O) groups excluding carboxylic acids is 1. The number of anilines is 1. The van der Waals surface area contributed by atoms with Crippen LogP contribution in [0.4, 0.5) is 5.69 Å². The Labute approximate surface area is 128 Å². The second-order valence-corrected chi connectivity index (χ2v) is 5.78. The van der Waals surface area contributed by atoms with Crippen LogP contribution in [0.15, 0.2) is 23.7 Å². The summed E-state index contributed by atoms with van der Waals surface area (Å²) in [4.78, 5) is 20.5. The summed E-state index contributed by atoms with van der Waals surface area (Å²) in [6.45, 7) is 5.55. The van der Waals surface area contributed by atoms with Gasteiger partial charge in [-0.05, 0) is 25.5 Å². The summed E-state index contributed by atoms with van der Waals surface area (Å²) >= 11 is 1.62. The Morgan fingerprint density at radius 1 is 1.33 bits per heavy atom. The van der Waals surface area contributed by atoms with Crippen LogP contribution >= 0.6 is 11.3 Å². The fourth-order valence-electron chi connectivity index (χ4n) is 1.82. The molecule has 2 aromatic heterocycles. The Kier molecular flexibility index (Phi) is 5.68. The molecule has 0 spiro atoms. The van der Waals surface area contributed by atoms with Gasteiger partial charge in [0.05, 0.1) is 22.6 Å². The van der Waals surface area contributed by atoms with Gasteiger partial charge in [0.1, 0.15) is 5.69 Å². The quantitative estimate of drug-likeness (QED) is 0.825. The molecule has 0 saturated heterocycles. The highest BCUT2D eigenvalue weighted by Crippen LogP contribution is 2.08. The lowest BCUT2D eigenvalue weighted by molar-refractivity contribution is 0.0949. The Balaban J connectivity index is 1.79. The number of hydrogen-bond donors (Lipinski definition) is 2. The molecule has 2 aromatic rings. The molecule has 0 aliphatic heterocycles. The summed E-state index contributed by atoms with van der Waals surface area (Å²) in [7, 11) is 0. The van der Waals surface area contributed by atoms with Crippen LogP contribution in [0, 0.1) is 6.92 Å². The highest BCUT2D eigenvalue weighted by molar-refractivity contribution is 7.09. The summed E-state index contributed by atoms with van der Waals surface area (Å²) < 4.78 is 0. The Morgan fingerprint density at radius 2 is 2.19 bits per heavy atom. The summed E-state index contributed by atoms with van der Waals surface area (Å²) in [5.74, 6) is -0.149. The van der Waals surface area contributed by atoms with Gasteiger partial charge in [0.15, 0.2) is 0 Å². The number of rotatable bonds is 7. The largest absolute Gasteiger partial charge is 0.384 e. The normalized spacial score (nSPS) is 10.4. The smallest absolute Gasteiger partial charge is 0.269 e. The third kappa shape index (κ3) is 4.82. The zero-order valence-electron chi connectivity index (χ0n) is 12.3. The van der Waals surface area contributed by atoms with Crippen molar-refractivity contribution in [1.29, 1.82) is 0 Å². The molecule has 112 valence electrons. The topological polar surface area (TPSA) is 66.9 Å². The Hall–Kier alpha value is -1.95. The van der Waals surface area contributed by atoms with Gasteiger partial charge in [-0.2, -0.15) is 0 Å². The fourth-order valence-corrected chi connectivity index (χ4v) is 2.47. The van der Waals surface area contributed by atoms with E-state index in [9.17, 15) is 4.79 Å². The van der Waals surface area contributed by atoms with Gasteiger partial charge in [0.2, 0.25) is 0 Å². The molecule has 21 heavy (non-hydrogen) atoms. The van der Waals surface area contributed by atoms with Gasteiger partial charge < -0.3 is 10.6 Å². The van der Waals surface area contributed by atoms with Gasteiger partial charge >= 0.3 is 0 Å². The van der Waals surface area contributed by atoms with Crippen molar-refractivity contribution in [2.45, 2.75) is 26.7 Å². The molecule has 0 aromatic carbocycles. The zero-order chi connectivity index (χ0) is 15.1. The van der Waals surface area contributed by atoms with E-state index in [0.29, 0.717) is 12.2 Å². The van der Waals surface area contributed by atoms with E-state index < -0.39 is 0 Å². The number of nitrogens with zero attached hydrogens (tertiary/aromatic N) is 2. The second-order valence-electron chi connectivity index (χ2n) is 4.72. The minimum absolute atomic E-state index is 0.149. The number of carbonyl (C=O) groups is 1. The molecule has 1 amide bonds. The Bertz CT molecular complexity index is 580. The minimum Gasteiger partial charge on any atom is -0.384 e. The molecule has 0 unspecified atom stereocenters. The number of aromatic nitrogens is 2. The van der Waals surface area contributed by atoms with Crippen LogP contribution < -0.4 is 10.6 Å². The molecule has 0 fully saturated rings. The molecule has 2 N–H and O–H groups in total. The molecular weight excluding hydrogens is 284 g/mol. The number of thiazole rings is 1. The van der Waals surface area contributed by atoms with Gasteiger partial charge in [0, 0.05) is 24.9 Å². The van der Waals surface area contributed by atoms with Gasteiger partial charge in [-0.1, -0.05) is 6.92 Å². The maximum absolute atomic E-state index is 12.0. The number of pyridine rings is 1. The van der Waals surface area contributed by atoms with Crippen molar-refractivity contribution >= 4 is 22.9 Å². The number of nitrogens with one attached hydrogen (secondary N) is 2. The van der Waals surface area contributed by atoms with Crippen molar-refractivity contribution in [3.8, 4) is 0 Å². The number of amides is 1. The first-order chi connectivity index (χ1) is 10.2. The predicted molar refractivity (Wildman–Crippen MR) is 85.9 cm³/mol. The van der Waals surface area contributed by atoms with Crippen LogP contribution in [0.25, 0.3) is 0 Å². The van der Waals surface area contributed by atoms with Crippen LogP contribution in [0.3, 0.4) is 0 Å². The average molecular weight is 304 g/mol. The van der Waals surface area contributed by atoms with E-state index >= 15 is 0 Å². The van der Waals surface area contributed by atoms with Crippen LogP contribution in [0.5, 0.6) is 0 Å². The third-order valence-electron chi connectivity index (χ3n) is 2.91. The van der Waals surface area contributed by atoms with Crippen molar-refractivity contribution in [2.75, 3.05) is 18.4 Å². The van der Waals surface area contributed by atoms with E-state index in [4.69, 9.17) is 0 Å².